The minimum Gasteiger partial charge on any atom is -0.385 e. The number of ether oxygens (including phenoxy) is 1. The van der Waals surface area contributed by atoms with E-state index in [0.717, 1.165) is 16.6 Å². The van der Waals surface area contributed by atoms with Crippen molar-refractivity contribution in [3.05, 3.63) is 57.6 Å². The van der Waals surface area contributed by atoms with Gasteiger partial charge in [-0.25, -0.2) is 0 Å². The molecule has 0 spiro atoms. The summed E-state index contributed by atoms with van der Waals surface area (Å²) in [6.07, 6.45) is 2.35. The van der Waals surface area contributed by atoms with Crippen molar-refractivity contribution in [3.63, 3.8) is 0 Å². The van der Waals surface area contributed by atoms with Gasteiger partial charge in [0.2, 0.25) is 0 Å². The van der Waals surface area contributed by atoms with Gasteiger partial charge >= 0.3 is 0 Å². The first kappa shape index (κ1) is 19.8. The number of thiophene rings is 1. The monoisotopic (exact) mass is 422 g/mol. The van der Waals surface area contributed by atoms with E-state index in [9.17, 15) is 13.2 Å². The van der Waals surface area contributed by atoms with E-state index >= 15 is 0 Å². The van der Waals surface area contributed by atoms with Gasteiger partial charge in [0.05, 0.1) is 9.80 Å². The molecule has 0 atom stereocenters. The Morgan fingerprint density at radius 3 is 2.63 bits per heavy atom. The van der Waals surface area contributed by atoms with Gasteiger partial charge in [0.15, 0.2) is 5.17 Å². The first-order valence-corrected chi connectivity index (χ1v) is 11.3. The number of hydrogen-bond donors (Lipinski definition) is 0. The first-order chi connectivity index (χ1) is 13.0. The third-order valence-corrected chi connectivity index (χ3v) is 6.90. The quantitative estimate of drug-likeness (QED) is 0.505. The molecule has 1 aromatic heterocycles. The molecular formula is C18H18N2O4S3. The number of amides is 1. The number of carbonyl (C=O) groups excluding carboxylic acids is 1. The number of hydrogen-bond acceptors (Lipinski definition) is 6. The molecule has 3 rings (SSSR count). The van der Waals surface area contributed by atoms with E-state index in [2.05, 4.69) is 4.40 Å². The molecule has 6 nitrogen and oxygen atoms in total. The van der Waals surface area contributed by atoms with Crippen LogP contribution in [-0.2, 0) is 19.6 Å². The predicted molar refractivity (Wildman–Crippen MR) is 109 cm³/mol. The summed E-state index contributed by atoms with van der Waals surface area (Å²) < 4.78 is 34.2. The Bertz CT molecular complexity index is 952. The van der Waals surface area contributed by atoms with Crippen molar-refractivity contribution in [2.24, 2.45) is 4.40 Å². The number of nitrogens with zero attached hydrogens (tertiary/aromatic N) is 2. The van der Waals surface area contributed by atoms with E-state index in [1.54, 1.807) is 31.4 Å². The molecule has 142 valence electrons. The number of thioether (sulfide) groups is 1. The zero-order valence-electron chi connectivity index (χ0n) is 14.6. The molecule has 1 saturated heterocycles. The normalized spacial score (nSPS) is 18.0. The second-order valence-corrected chi connectivity index (χ2v) is 9.18. The van der Waals surface area contributed by atoms with E-state index in [1.165, 1.54) is 28.4 Å². The molecule has 1 fully saturated rings. The fourth-order valence-electron chi connectivity index (χ4n) is 2.39. The van der Waals surface area contributed by atoms with Crippen LogP contribution in [0.5, 0.6) is 0 Å². The van der Waals surface area contributed by atoms with Crippen LogP contribution in [0.1, 0.15) is 11.3 Å². The molecule has 27 heavy (non-hydrogen) atoms. The average Bonchev–Trinajstić information content (AvgIpc) is 3.26. The van der Waals surface area contributed by atoms with Gasteiger partial charge in [0, 0.05) is 25.1 Å². The number of amidine groups is 1. The minimum atomic E-state index is -3.90. The molecule has 0 saturated carbocycles. The lowest BCUT2D eigenvalue weighted by molar-refractivity contribution is -0.122. The van der Waals surface area contributed by atoms with Crippen molar-refractivity contribution in [2.45, 2.75) is 11.3 Å². The SMILES string of the molecule is COCCCN1C(=O)/C(=C/c2cccs2)SC1=NS(=O)(=O)c1ccccc1. The van der Waals surface area contributed by atoms with Crippen LogP contribution in [0.15, 0.2) is 62.0 Å². The molecule has 2 aromatic rings. The summed E-state index contributed by atoms with van der Waals surface area (Å²) in [5.41, 5.74) is 0. The zero-order chi connectivity index (χ0) is 19.3. The van der Waals surface area contributed by atoms with Crippen LogP contribution in [0.4, 0.5) is 0 Å². The molecule has 9 heteroatoms. The molecule has 0 aliphatic carbocycles. The topological polar surface area (TPSA) is 76.0 Å². The summed E-state index contributed by atoms with van der Waals surface area (Å²) in [7, 11) is -2.32. The first-order valence-electron chi connectivity index (χ1n) is 8.15. The van der Waals surface area contributed by atoms with Gasteiger partial charge < -0.3 is 4.74 Å². The van der Waals surface area contributed by atoms with Crippen LogP contribution in [0.2, 0.25) is 0 Å². The molecule has 0 unspecified atom stereocenters. The Kier molecular flexibility index (Phi) is 6.48. The van der Waals surface area contributed by atoms with Gasteiger partial charge in [-0.05, 0) is 47.8 Å². The van der Waals surface area contributed by atoms with Crippen LogP contribution in [0, 0.1) is 0 Å². The highest BCUT2D eigenvalue weighted by molar-refractivity contribution is 8.19. The summed E-state index contributed by atoms with van der Waals surface area (Å²) in [6, 6.07) is 11.8. The highest BCUT2D eigenvalue weighted by Crippen LogP contribution is 2.34. The molecule has 1 aromatic carbocycles. The maximum atomic E-state index is 12.8. The lowest BCUT2D eigenvalue weighted by atomic mass is 10.3. The van der Waals surface area contributed by atoms with Gasteiger partial charge in [-0.2, -0.15) is 8.42 Å². The fraction of sp³-hybridized carbons (Fsp3) is 0.222. The molecule has 1 amide bonds. The smallest absolute Gasteiger partial charge is 0.284 e. The van der Waals surface area contributed by atoms with Crippen molar-refractivity contribution in [1.82, 2.24) is 4.90 Å². The summed E-state index contributed by atoms with van der Waals surface area (Å²) >= 11 is 2.59. The largest absolute Gasteiger partial charge is 0.385 e. The average molecular weight is 423 g/mol. The standard InChI is InChI=1S/C18H18N2O4S3/c1-24-11-6-10-20-17(21)16(13-14-7-5-12-25-14)26-18(20)19-27(22,23)15-8-3-2-4-9-15/h2-5,7-9,12-13H,6,10-11H2,1H3/b16-13-,19-18?. The minimum absolute atomic E-state index is 0.0954. The van der Waals surface area contributed by atoms with Crippen molar-refractivity contribution >= 4 is 50.3 Å². The zero-order valence-corrected chi connectivity index (χ0v) is 17.0. The van der Waals surface area contributed by atoms with Crippen molar-refractivity contribution in [2.75, 3.05) is 20.3 Å². The number of benzene rings is 1. The number of methoxy groups -OCH3 is 1. The van der Waals surface area contributed by atoms with Crippen LogP contribution in [-0.4, -0.2) is 44.7 Å². The Morgan fingerprint density at radius 2 is 1.96 bits per heavy atom. The third-order valence-electron chi connectivity index (χ3n) is 3.67. The molecule has 1 aliphatic rings. The van der Waals surface area contributed by atoms with Crippen LogP contribution >= 0.6 is 23.1 Å². The van der Waals surface area contributed by atoms with Gasteiger partial charge in [-0.3, -0.25) is 9.69 Å². The molecule has 2 heterocycles. The maximum absolute atomic E-state index is 12.8. The Labute approximate surface area is 166 Å². The van der Waals surface area contributed by atoms with Crippen molar-refractivity contribution in [1.29, 1.82) is 0 Å². The van der Waals surface area contributed by atoms with E-state index in [1.807, 2.05) is 17.5 Å². The fourth-order valence-corrected chi connectivity index (χ4v) is 5.34. The molecule has 0 N–H and O–H groups in total. The Hall–Kier alpha value is -1.94. The molecule has 0 radical (unpaired) electrons. The van der Waals surface area contributed by atoms with Gasteiger partial charge in [0.25, 0.3) is 15.9 Å². The van der Waals surface area contributed by atoms with Gasteiger partial charge in [-0.1, -0.05) is 24.3 Å². The van der Waals surface area contributed by atoms with Gasteiger partial charge in [-0.15, -0.1) is 15.7 Å². The van der Waals surface area contributed by atoms with Gasteiger partial charge in [0.1, 0.15) is 0 Å². The maximum Gasteiger partial charge on any atom is 0.284 e. The van der Waals surface area contributed by atoms with Crippen LogP contribution in [0.25, 0.3) is 6.08 Å². The predicted octanol–water partition coefficient (Wildman–Crippen LogP) is 3.45. The lowest BCUT2D eigenvalue weighted by Crippen LogP contribution is -2.31. The number of carbonyl (C=O) groups is 1. The van der Waals surface area contributed by atoms with E-state index < -0.39 is 10.0 Å². The van der Waals surface area contributed by atoms with Crippen LogP contribution < -0.4 is 0 Å². The summed E-state index contributed by atoms with van der Waals surface area (Å²) in [5, 5.41) is 2.09. The second-order valence-electron chi connectivity index (χ2n) is 5.59. The third kappa shape index (κ3) is 4.86. The molecular weight excluding hydrogens is 404 g/mol. The summed E-state index contributed by atoms with van der Waals surface area (Å²) in [5.74, 6) is -0.244. The number of sulfonamides is 1. The Balaban J connectivity index is 1.94. The van der Waals surface area contributed by atoms with E-state index in [4.69, 9.17) is 4.74 Å². The summed E-state index contributed by atoms with van der Waals surface area (Å²) in [4.78, 5) is 15.7. The molecule has 1 aliphatic heterocycles. The second kappa shape index (κ2) is 8.83. The summed E-state index contributed by atoms with van der Waals surface area (Å²) in [6.45, 7) is 0.807. The van der Waals surface area contributed by atoms with E-state index in [-0.39, 0.29) is 16.0 Å². The Morgan fingerprint density at radius 1 is 1.19 bits per heavy atom. The van der Waals surface area contributed by atoms with E-state index in [0.29, 0.717) is 24.5 Å². The number of rotatable bonds is 7. The molecule has 0 bridgehead atoms. The van der Waals surface area contributed by atoms with Crippen LogP contribution in [0.3, 0.4) is 0 Å². The highest BCUT2D eigenvalue weighted by Gasteiger charge is 2.34. The highest BCUT2D eigenvalue weighted by atomic mass is 32.2. The van der Waals surface area contributed by atoms with Crippen molar-refractivity contribution in [3.8, 4) is 0 Å². The van der Waals surface area contributed by atoms with Crippen molar-refractivity contribution < 1.29 is 17.9 Å². The lowest BCUT2D eigenvalue weighted by Gasteiger charge is -2.15.